The molecular formula is C13H12ClNO3S2. The fourth-order valence-electron chi connectivity index (χ4n) is 1.58. The molecule has 7 heteroatoms. The Morgan fingerprint density at radius 2 is 2.20 bits per heavy atom. The second-order valence-electron chi connectivity index (χ2n) is 4.13. The summed E-state index contributed by atoms with van der Waals surface area (Å²) in [7, 11) is 0. The van der Waals surface area contributed by atoms with Gasteiger partial charge in [0.05, 0.1) is 11.0 Å². The zero-order valence-corrected chi connectivity index (χ0v) is 13.0. The van der Waals surface area contributed by atoms with Crippen molar-refractivity contribution >= 4 is 40.4 Å². The Kier molecular flexibility index (Phi) is 5.04. The summed E-state index contributed by atoms with van der Waals surface area (Å²) < 4.78 is 0.589. The Labute approximate surface area is 129 Å². The summed E-state index contributed by atoms with van der Waals surface area (Å²) in [5, 5.41) is 21.2. The summed E-state index contributed by atoms with van der Waals surface area (Å²) in [5.74, 6) is 0.556. The third-order valence-electron chi connectivity index (χ3n) is 2.62. The standard InChI is InChI=1S/C13H12ClNO3S2/c1-8(16)12-6-11(15(17)18)13(20-12)19-7-9-4-2-3-5-10(9)14/h2-6,8,16H,7H2,1H3/t8-/m0/s1. The van der Waals surface area contributed by atoms with Crippen molar-refractivity contribution in [2.45, 2.75) is 23.0 Å². The minimum Gasteiger partial charge on any atom is -0.388 e. The molecule has 20 heavy (non-hydrogen) atoms. The molecule has 1 heterocycles. The van der Waals surface area contributed by atoms with Crippen LogP contribution in [-0.4, -0.2) is 10.0 Å². The van der Waals surface area contributed by atoms with Crippen LogP contribution in [0, 0.1) is 10.1 Å². The van der Waals surface area contributed by atoms with Gasteiger partial charge in [-0.15, -0.1) is 23.1 Å². The van der Waals surface area contributed by atoms with Crippen LogP contribution in [0.4, 0.5) is 5.69 Å². The summed E-state index contributed by atoms with van der Waals surface area (Å²) in [6.45, 7) is 1.60. The quantitative estimate of drug-likeness (QED) is 0.492. The molecule has 0 fully saturated rings. The molecule has 1 atom stereocenters. The summed E-state index contributed by atoms with van der Waals surface area (Å²) in [5.41, 5.74) is 0.975. The molecule has 0 aliphatic heterocycles. The number of aliphatic hydroxyl groups is 1. The van der Waals surface area contributed by atoms with Gasteiger partial charge < -0.3 is 5.11 Å². The highest BCUT2D eigenvalue weighted by atomic mass is 35.5. The van der Waals surface area contributed by atoms with Crippen LogP contribution in [0.15, 0.2) is 34.5 Å². The molecular weight excluding hydrogens is 318 g/mol. The van der Waals surface area contributed by atoms with Gasteiger partial charge in [0.25, 0.3) is 5.69 Å². The lowest BCUT2D eigenvalue weighted by molar-refractivity contribution is -0.387. The van der Waals surface area contributed by atoms with Crippen molar-refractivity contribution in [3.05, 3.63) is 55.9 Å². The van der Waals surface area contributed by atoms with Crippen LogP contribution < -0.4 is 0 Å². The summed E-state index contributed by atoms with van der Waals surface area (Å²) in [4.78, 5) is 11.2. The SMILES string of the molecule is C[C@H](O)c1cc([N+](=O)[O-])c(SCc2ccccc2Cl)s1. The number of hydrogen-bond donors (Lipinski definition) is 1. The van der Waals surface area contributed by atoms with E-state index in [9.17, 15) is 15.2 Å². The molecule has 0 spiro atoms. The molecule has 0 aliphatic rings. The van der Waals surface area contributed by atoms with Crippen LogP contribution in [0.2, 0.25) is 5.02 Å². The lowest BCUT2D eigenvalue weighted by atomic mass is 10.2. The molecule has 1 aromatic heterocycles. The van der Waals surface area contributed by atoms with E-state index in [1.807, 2.05) is 18.2 Å². The van der Waals surface area contributed by atoms with Crippen molar-refractivity contribution in [1.29, 1.82) is 0 Å². The first-order valence-corrected chi connectivity index (χ1v) is 7.99. The van der Waals surface area contributed by atoms with Gasteiger partial charge in [0, 0.05) is 21.7 Å². The molecule has 0 saturated heterocycles. The molecule has 0 amide bonds. The van der Waals surface area contributed by atoms with Crippen LogP contribution in [0.3, 0.4) is 0 Å². The molecule has 1 aromatic carbocycles. The van der Waals surface area contributed by atoms with Crippen LogP contribution in [0.1, 0.15) is 23.5 Å². The molecule has 2 aromatic rings. The van der Waals surface area contributed by atoms with Gasteiger partial charge in [0.15, 0.2) is 0 Å². The average Bonchev–Trinajstić information content (AvgIpc) is 2.82. The lowest BCUT2D eigenvalue weighted by Crippen LogP contribution is -1.88. The van der Waals surface area contributed by atoms with Gasteiger partial charge in [0.1, 0.15) is 4.21 Å². The Hall–Kier alpha value is -1.08. The molecule has 0 bridgehead atoms. The number of nitrogens with zero attached hydrogens (tertiary/aromatic N) is 1. The maximum absolute atomic E-state index is 11.0. The molecule has 106 valence electrons. The van der Waals surface area contributed by atoms with Gasteiger partial charge in [-0.1, -0.05) is 29.8 Å². The zero-order valence-electron chi connectivity index (χ0n) is 10.6. The first kappa shape index (κ1) is 15.3. The molecule has 2 rings (SSSR count). The van der Waals surface area contributed by atoms with E-state index in [1.165, 1.54) is 29.2 Å². The highest BCUT2D eigenvalue weighted by molar-refractivity contribution is 8.00. The number of aliphatic hydroxyl groups excluding tert-OH is 1. The van der Waals surface area contributed by atoms with Crippen molar-refractivity contribution in [2.24, 2.45) is 0 Å². The number of halogens is 1. The summed E-state index contributed by atoms with van der Waals surface area (Å²) in [6, 6.07) is 8.84. The Bertz CT molecular complexity index is 628. The van der Waals surface area contributed by atoms with Crippen molar-refractivity contribution in [3.63, 3.8) is 0 Å². The first-order valence-electron chi connectivity index (χ1n) is 5.81. The topological polar surface area (TPSA) is 63.4 Å². The minimum atomic E-state index is -0.701. The molecule has 0 aliphatic carbocycles. The smallest absolute Gasteiger partial charge is 0.294 e. The van der Waals surface area contributed by atoms with E-state index in [1.54, 1.807) is 13.0 Å². The second-order valence-corrected chi connectivity index (χ2v) is 6.87. The molecule has 0 saturated carbocycles. The normalized spacial score (nSPS) is 12.3. The van der Waals surface area contributed by atoms with Crippen LogP contribution in [-0.2, 0) is 5.75 Å². The Balaban J connectivity index is 2.20. The number of rotatable bonds is 5. The van der Waals surface area contributed by atoms with E-state index < -0.39 is 11.0 Å². The fourth-order valence-corrected chi connectivity index (χ4v) is 4.17. The number of hydrogen-bond acceptors (Lipinski definition) is 5. The largest absolute Gasteiger partial charge is 0.388 e. The van der Waals surface area contributed by atoms with Gasteiger partial charge >= 0.3 is 0 Å². The van der Waals surface area contributed by atoms with Gasteiger partial charge in [-0.2, -0.15) is 0 Å². The van der Waals surface area contributed by atoms with Gasteiger partial charge in [-0.05, 0) is 18.6 Å². The Morgan fingerprint density at radius 1 is 1.50 bits per heavy atom. The van der Waals surface area contributed by atoms with E-state index in [-0.39, 0.29) is 5.69 Å². The number of nitro groups is 1. The van der Waals surface area contributed by atoms with Crippen LogP contribution in [0.5, 0.6) is 0 Å². The molecule has 4 nitrogen and oxygen atoms in total. The second kappa shape index (κ2) is 6.58. The molecule has 0 radical (unpaired) electrons. The van der Waals surface area contributed by atoms with Gasteiger partial charge in [-0.3, -0.25) is 10.1 Å². The predicted molar refractivity (Wildman–Crippen MR) is 82.6 cm³/mol. The number of thiophene rings is 1. The van der Waals surface area contributed by atoms with Crippen molar-refractivity contribution in [3.8, 4) is 0 Å². The minimum absolute atomic E-state index is 0.0444. The van der Waals surface area contributed by atoms with Crippen molar-refractivity contribution < 1.29 is 10.0 Å². The van der Waals surface area contributed by atoms with Crippen molar-refractivity contribution in [2.75, 3.05) is 0 Å². The van der Waals surface area contributed by atoms with E-state index >= 15 is 0 Å². The Morgan fingerprint density at radius 3 is 2.80 bits per heavy atom. The van der Waals surface area contributed by atoms with E-state index in [0.29, 0.717) is 19.9 Å². The first-order chi connectivity index (χ1) is 9.49. The summed E-state index contributed by atoms with van der Waals surface area (Å²) in [6.07, 6.45) is -0.701. The highest BCUT2D eigenvalue weighted by Crippen LogP contribution is 2.41. The average molecular weight is 330 g/mol. The zero-order chi connectivity index (χ0) is 14.7. The van der Waals surface area contributed by atoms with Gasteiger partial charge in [0.2, 0.25) is 0 Å². The van der Waals surface area contributed by atoms with E-state index in [0.717, 1.165) is 5.56 Å². The van der Waals surface area contributed by atoms with Gasteiger partial charge in [-0.25, -0.2) is 0 Å². The fraction of sp³-hybridized carbons (Fsp3) is 0.231. The monoisotopic (exact) mass is 329 g/mol. The number of benzene rings is 1. The van der Waals surface area contributed by atoms with E-state index in [2.05, 4.69) is 0 Å². The maximum Gasteiger partial charge on any atom is 0.294 e. The summed E-state index contributed by atoms with van der Waals surface area (Å²) >= 11 is 8.68. The van der Waals surface area contributed by atoms with Crippen LogP contribution >= 0.6 is 34.7 Å². The third kappa shape index (κ3) is 3.52. The number of thioether (sulfide) groups is 1. The maximum atomic E-state index is 11.0. The van der Waals surface area contributed by atoms with Crippen LogP contribution in [0.25, 0.3) is 0 Å². The van der Waals surface area contributed by atoms with E-state index in [4.69, 9.17) is 11.6 Å². The highest BCUT2D eigenvalue weighted by Gasteiger charge is 2.21. The molecule has 0 unspecified atom stereocenters. The third-order valence-corrected chi connectivity index (χ3v) is 5.61. The van der Waals surface area contributed by atoms with Crippen molar-refractivity contribution in [1.82, 2.24) is 0 Å². The lowest BCUT2D eigenvalue weighted by Gasteiger charge is -2.02. The molecule has 1 N–H and O–H groups in total. The predicted octanol–water partition coefficient (Wildman–Crippen LogP) is 4.66.